The number of rotatable bonds is 7. The Morgan fingerprint density at radius 3 is 2.52 bits per heavy atom. The molecule has 0 fully saturated rings. The summed E-state index contributed by atoms with van der Waals surface area (Å²) in [6.45, 7) is -0.0858. The highest BCUT2D eigenvalue weighted by atomic mass is 16.5. The van der Waals surface area contributed by atoms with Gasteiger partial charge < -0.3 is 10.1 Å². The molecule has 0 aliphatic carbocycles. The average molecular weight is 384 g/mol. The van der Waals surface area contributed by atoms with E-state index in [-0.39, 0.29) is 12.5 Å². The average Bonchev–Trinajstić information content (AvgIpc) is 3.29. The number of benzene rings is 3. The second kappa shape index (κ2) is 8.84. The molecular formula is C23H20N4O2. The molecule has 6 nitrogen and oxygen atoms in total. The Morgan fingerprint density at radius 2 is 1.69 bits per heavy atom. The summed E-state index contributed by atoms with van der Waals surface area (Å²) in [6.07, 6.45) is 4.06. The van der Waals surface area contributed by atoms with Crippen molar-refractivity contribution in [3.05, 3.63) is 102 Å². The van der Waals surface area contributed by atoms with E-state index in [1.165, 1.54) is 5.56 Å². The molecule has 1 aromatic heterocycles. The van der Waals surface area contributed by atoms with Gasteiger partial charge in [0.15, 0.2) is 6.61 Å². The predicted octanol–water partition coefficient (Wildman–Crippen LogP) is 3.88. The summed E-state index contributed by atoms with van der Waals surface area (Å²) in [5.41, 5.74) is 3.61. The van der Waals surface area contributed by atoms with Crippen LogP contribution in [0.4, 0.5) is 5.69 Å². The van der Waals surface area contributed by atoms with Crippen molar-refractivity contribution in [1.82, 2.24) is 15.0 Å². The van der Waals surface area contributed by atoms with Gasteiger partial charge in [0.2, 0.25) is 0 Å². The van der Waals surface area contributed by atoms with Gasteiger partial charge in [-0.05, 0) is 29.3 Å². The van der Waals surface area contributed by atoms with E-state index in [1.807, 2.05) is 66.7 Å². The fraction of sp³-hybridized carbons (Fsp3) is 0.0870. The Hall–Kier alpha value is -3.93. The molecule has 4 rings (SSSR count). The van der Waals surface area contributed by atoms with Crippen LogP contribution < -0.4 is 10.1 Å². The SMILES string of the molecule is O=C(COc1ccccc1Cc1ccccc1)Nc1ccccc1-n1ccnn1. The van der Waals surface area contributed by atoms with Crippen LogP contribution in [0.1, 0.15) is 11.1 Å². The van der Waals surface area contributed by atoms with Gasteiger partial charge in [0.25, 0.3) is 5.91 Å². The summed E-state index contributed by atoms with van der Waals surface area (Å²) in [7, 11) is 0. The van der Waals surface area contributed by atoms with Crippen molar-refractivity contribution in [3.8, 4) is 11.4 Å². The topological polar surface area (TPSA) is 69.0 Å². The second-order valence-electron chi connectivity index (χ2n) is 6.47. The van der Waals surface area contributed by atoms with Gasteiger partial charge in [-0.15, -0.1) is 5.10 Å². The number of anilines is 1. The molecule has 0 radical (unpaired) electrons. The number of para-hydroxylation sites is 3. The third-order valence-corrected chi connectivity index (χ3v) is 4.42. The number of hydrogen-bond acceptors (Lipinski definition) is 4. The van der Waals surface area contributed by atoms with Gasteiger partial charge in [0.1, 0.15) is 5.75 Å². The minimum absolute atomic E-state index is 0.0858. The van der Waals surface area contributed by atoms with Crippen LogP contribution in [0.3, 0.4) is 0 Å². The van der Waals surface area contributed by atoms with Gasteiger partial charge in [-0.25, -0.2) is 4.68 Å². The highest BCUT2D eigenvalue weighted by Gasteiger charge is 2.11. The van der Waals surface area contributed by atoms with Crippen LogP contribution in [0, 0.1) is 0 Å². The Kier molecular flexibility index (Phi) is 5.62. The minimum Gasteiger partial charge on any atom is -0.483 e. The lowest BCUT2D eigenvalue weighted by molar-refractivity contribution is -0.118. The van der Waals surface area contributed by atoms with Crippen LogP contribution >= 0.6 is 0 Å². The number of ether oxygens (including phenoxy) is 1. The molecule has 29 heavy (non-hydrogen) atoms. The Balaban J connectivity index is 1.43. The molecular weight excluding hydrogens is 364 g/mol. The first-order valence-corrected chi connectivity index (χ1v) is 9.30. The molecule has 0 saturated heterocycles. The number of nitrogens with one attached hydrogen (secondary N) is 1. The van der Waals surface area contributed by atoms with Crippen LogP contribution in [0.5, 0.6) is 5.75 Å². The zero-order chi connectivity index (χ0) is 19.9. The summed E-state index contributed by atoms with van der Waals surface area (Å²) < 4.78 is 7.43. The highest BCUT2D eigenvalue weighted by molar-refractivity contribution is 5.93. The summed E-state index contributed by atoms with van der Waals surface area (Å²) in [5, 5.41) is 10.7. The number of hydrogen-bond donors (Lipinski definition) is 1. The van der Waals surface area contributed by atoms with Crippen LogP contribution in [0.15, 0.2) is 91.3 Å². The van der Waals surface area contributed by atoms with Crippen LogP contribution in [-0.2, 0) is 11.2 Å². The lowest BCUT2D eigenvalue weighted by Crippen LogP contribution is -2.21. The van der Waals surface area contributed by atoms with Gasteiger partial charge in [0, 0.05) is 6.42 Å². The number of nitrogens with zero attached hydrogens (tertiary/aromatic N) is 3. The van der Waals surface area contributed by atoms with Crippen LogP contribution in [0.2, 0.25) is 0 Å². The molecule has 1 N–H and O–H groups in total. The van der Waals surface area contributed by atoms with E-state index in [1.54, 1.807) is 17.1 Å². The number of carbonyl (C=O) groups is 1. The minimum atomic E-state index is -0.243. The first-order valence-electron chi connectivity index (χ1n) is 9.30. The molecule has 1 amide bonds. The Morgan fingerprint density at radius 1 is 0.931 bits per heavy atom. The molecule has 0 aliphatic heterocycles. The van der Waals surface area contributed by atoms with E-state index in [2.05, 4.69) is 27.8 Å². The van der Waals surface area contributed by atoms with E-state index < -0.39 is 0 Å². The third kappa shape index (κ3) is 4.68. The highest BCUT2D eigenvalue weighted by Crippen LogP contribution is 2.22. The van der Waals surface area contributed by atoms with Crippen molar-refractivity contribution in [2.45, 2.75) is 6.42 Å². The maximum atomic E-state index is 12.5. The van der Waals surface area contributed by atoms with Crippen molar-refractivity contribution in [3.63, 3.8) is 0 Å². The van der Waals surface area contributed by atoms with Gasteiger partial charge in [-0.1, -0.05) is 65.9 Å². The van der Waals surface area contributed by atoms with Crippen molar-refractivity contribution >= 4 is 11.6 Å². The van der Waals surface area contributed by atoms with Gasteiger partial charge >= 0.3 is 0 Å². The van der Waals surface area contributed by atoms with Crippen molar-refractivity contribution < 1.29 is 9.53 Å². The molecule has 1 heterocycles. The Bertz CT molecular complexity index is 1080. The number of amides is 1. The summed E-state index contributed by atoms with van der Waals surface area (Å²) in [6, 6.07) is 25.4. The monoisotopic (exact) mass is 384 g/mol. The fourth-order valence-corrected chi connectivity index (χ4v) is 3.05. The largest absolute Gasteiger partial charge is 0.483 e. The number of carbonyl (C=O) groups excluding carboxylic acids is 1. The normalized spacial score (nSPS) is 10.5. The molecule has 0 saturated carbocycles. The van der Waals surface area contributed by atoms with E-state index in [0.29, 0.717) is 11.4 Å². The zero-order valence-electron chi connectivity index (χ0n) is 15.7. The van der Waals surface area contributed by atoms with E-state index >= 15 is 0 Å². The summed E-state index contributed by atoms with van der Waals surface area (Å²) in [5.74, 6) is 0.461. The molecule has 0 aliphatic rings. The zero-order valence-corrected chi connectivity index (χ0v) is 15.7. The lowest BCUT2D eigenvalue weighted by atomic mass is 10.0. The molecule has 0 bridgehead atoms. The maximum absolute atomic E-state index is 12.5. The van der Waals surface area contributed by atoms with Gasteiger partial charge in [0.05, 0.1) is 23.8 Å². The second-order valence-corrected chi connectivity index (χ2v) is 6.47. The van der Waals surface area contributed by atoms with E-state index in [0.717, 1.165) is 17.7 Å². The number of aromatic nitrogens is 3. The van der Waals surface area contributed by atoms with Crippen molar-refractivity contribution in [2.75, 3.05) is 11.9 Å². The van der Waals surface area contributed by atoms with E-state index in [9.17, 15) is 4.79 Å². The smallest absolute Gasteiger partial charge is 0.262 e. The molecule has 6 heteroatoms. The molecule has 144 valence electrons. The van der Waals surface area contributed by atoms with E-state index in [4.69, 9.17) is 4.74 Å². The Labute approximate surface area is 168 Å². The predicted molar refractivity (Wildman–Crippen MR) is 111 cm³/mol. The van der Waals surface area contributed by atoms with Crippen LogP contribution in [-0.4, -0.2) is 27.5 Å². The van der Waals surface area contributed by atoms with Gasteiger partial charge in [-0.3, -0.25) is 4.79 Å². The first-order chi connectivity index (χ1) is 14.3. The van der Waals surface area contributed by atoms with Gasteiger partial charge in [-0.2, -0.15) is 0 Å². The first kappa shape index (κ1) is 18.4. The standard InChI is InChI=1S/C23H20N4O2/c28-23(25-20-11-5-6-12-21(20)27-15-14-24-26-27)17-29-22-13-7-4-10-19(22)16-18-8-2-1-3-9-18/h1-15H,16-17H2,(H,25,28). The van der Waals surface area contributed by atoms with Crippen molar-refractivity contribution in [2.24, 2.45) is 0 Å². The van der Waals surface area contributed by atoms with Crippen LogP contribution in [0.25, 0.3) is 5.69 Å². The maximum Gasteiger partial charge on any atom is 0.262 e. The summed E-state index contributed by atoms with van der Waals surface area (Å²) >= 11 is 0. The molecule has 0 spiro atoms. The lowest BCUT2D eigenvalue weighted by Gasteiger charge is -2.13. The quantitative estimate of drug-likeness (QED) is 0.525. The van der Waals surface area contributed by atoms with Crippen molar-refractivity contribution in [1.29, 1.82) is 0 Å². The third-order valence-electron chi connectivity index (χ3n) is 4.42. The molecule has 3 aromatic carbocycles. The fourth-order valence-electron chi connectivity index (χ4n) is 3.05. The molecule has 4 aromatic rings. The molecule has 0 unspecified atom stereocenters. The molecule has 0 atom stereocenters. The summed E-state index contributed by atoms with van der Waals surface area (Å²) in [4.78, 5) is 12.5.